The van der Waals surface area contributed by atoms with E-state index in [0.717, 1.165) is 22.3 Å². The number of nitrogens with one attached hydrogen (secondary N) is 1. The van der Waals surface area contributed by atoms with Crippen molar-refractivity contribution >= 4 is 11.6 Å². The number of carbonyl (C=O) groups excluding carboxylic acids is 1. The molecular weight excluding hydrogens is 528 g/mol. The summed E-state index contributed by atoms with van der Waals surface area (Å²) in [7, 11) is 2.00. The van der Waals surface area contributed by atoms with Gasteiger partial charge in [-0.25, -0.2) is 0 Å². The van der Waals surface area contributed by atoms with Crippen LogP contribution >= 0.6 is 0 Å². The minimum atomic E-state index is -0.664. The lowest BCUT2D eigenvalue weighted by atomic mass is 9.98. The summed E-state index contributed by atoms with van der Waals surface area (Å²) >= 11 is 0. The van der Waals surface area contributed by atoms with Crippen LogP contribution in [0.2, 0.25) is 0 Å². The fraction of sp³-hybridized carbons (Fsp3) is 0.286. The number of amides is 1. The molecule has 7 heteroatoms. The van der Waals surface area contributed by atoms with E-state index in [1.54, 1.807) is 12.1 Å². The highest BCUT2D eigenvalue weighted by atomic mass is 16.7. The number of rotatable bonds is 10. The quantitative estimate of drug-likeness (QED) is 0.217. The van der Waals surface area contributed by atoms with Gasteiger partial charge in [0.15, 0.2) is 6.29 Å². The van der Waals surface area contributed by atoms with Crippen molar-refractivity contribution in [2.45, 2.75) is 50.6 Å². The van der Waals surface area contributed by atoms with Crippen LogP contribution in [0.5, 0.6) is 0 Å². The first-order valence-electron chi connectivity index (χ1n) is 14.3. The van der Waals surface area contributed by atoms with Crippen LogP contribution in [0, 0.1) is 0 Å². The third-order valence-electron chi connectivity index (χ3n) is 7.85. The molecule has 7 nitrogen and oxygen atoms in total. The summed E-state index contributed by atoms with van der Waals surface area (Å²) in [6.07, 6.45) is -1.12. The number of likely N-dealkylation sites (N-methyl/N-ethyl adjacent to an activating group) is 1. The van der Waals surface area contributed by atoms with Crippen LogP contribution in [0.25, 0.3) is 0 Å². The number of anilines is 1. The maximum Gasteiger partial charge on any atom is 0.255 e. The van der Waals surface area contributed by atoms with E-state index in [0.29, 0.717) is 24.2 Å². The Balaban J connectivity index is 1.35. The van der Waals surface area contributed by atoms with E-state index in [4.69, 9.17) is 9.47 Å². The summed E-state index contributed by atoms with van der Waals surface area (Å²) < 4.78 is 13.0. The van der Waals surface area contributed by atoms with Crippen LogP contribution < -0.4 is 5.32 Å². The summed E-state index contributed by atoms with van der Waals surface area (Å²) in [5.41, 5.74) is 4.73. The Hall–Kier alpha value is -3.85. The average Bonchev–Trinajstić information content (AvgIpc) is 3.04. The molecule has 0 unspecified atom stereocenters. The van der Waals surface area contributed by atoms with E-state index in [9.17, 15) is 15.0 Å². The Labute approximate surface area is 247 Å². The first kappa shape index (κ1) is 29.6. The summed E-state index contributed by atoms with van der Waals surface area (Å²) in [6, 6.07) is 33.9. The number of nitrogens with zero attached hydrogens (tertiary/aromatic N) is 1. The second-order valence-corrected chi connectivity index (χ2v) is 10.8. The SMILES string of the molecule is C[C@@H]([C@H](O)c1ccccc1)N(C)C[C@H]1C[C@@H](c2ccc(CO)cc2)O[C@@H](c2cccc(NC(=O)c3ccccc3)c2)O1. The molecule has 4 aromatic carbocycles. The minimum absolute atomic E-state index is 0.0198. The molecule has 5 atom stereocenters. The van der Waals surface area contributed by atoms with Crippen LogP contribution in [0.3, 0.4) is 0 Å². The fourth-order valence-electron chi connectivity index (χ4n) is 5.25. The second-order valence-electron chi connectivity index (χ2n) is 10.8. The van der Waals surface area contributed by atoms with Gasteiger partial charge < -0.3 is 25.0 Å². The van der Waals surface area contributed by atoms with Crippen molar-refractivity contribution < 1.29 is 24.5 Å². The number of hydrogen-bond donors (Lipinski definition) is 3. The number of benzene rings is 4. The van der Waals surface area contributed by atoms with Crippen LogP contribution in [0.1, 0.15) is 64.5 Å². The lowest BCUT2D eigenvalue weighted by molar-refractivity contribution is -0.253. The monoisotopic (exact) mass is 566 g/mol. The zero-order valence-electron chi connectivity index (χ0n) is 24.0. The zero-order chi connectivity index (χ0) is 29.5. The van der Waals surface area contributed by atoms with Gasteiger partial charge in [0.25, 0.3) is 5.91 Å². The van der Waals surface area contributed by atoms with E-state index in [1.807, 2.05) is 111 Å². The second kappa shape index (κ2) is 13.9. The predicted octanol–water partition coefficient (Wildman–Crippen LogP) is 6.03. The van der Waals surface area contributed by atoms with Gasteiger partial charge in [-0.3, -0.25) is 9.69 Å². The zero-order valence-corrected chi connectivity index (χ0v) is 24.0. The van der Waals surface area contributed by atoms with E-state index in [1.165, 1.54) is 0 Å². The Morgan fingerprint density at radius 3 is 2.29 bits per heavy atom. The van der Waals surface area contributed by atoms with E-state index in [-0.39, 0.29) is 30.8 Å². The molecule has 0 aliphatic carbocycles. The first-order valence-corrected chi connectivity index (χ1v) is 14.3. The molecule has 1 saturated heterocycles. The molecular formula is C35H38N2O5. The summed E-state index contributed by atoms with van der Waals surface area (Å²) in [5, 5.41) is 23.5. The Morgan fingerprint density at radius 1 is 0.905 bits per heavy atom. The normalized spacial score (nSPS) is 20.2. The molecule has 0 bridgehead atoms. The molecule has 0 saturated carbocycles. The van der Waals surface area contributed by atoms with Crippen LogP contribution in [0.15, 0.2) is 109 Å². The smallest absolute Gasteiger partial charge is 0.255 e. The molecule has 1 fully saturated rings. The van der Waals surface area contributed by atoms with Gasteiger partial charge in [0.05, 0.1) is 24.9 Å². The first-order chi connectivity index (χ1) is 20.4. The standard InChI is InChI=1S/C35H38N2O5/c1-24(33(39)27-10-5-3-6-11-27)37(2)22-31-21-32(26-18-16-25(23-38)17-19-26)42-35(41-31)29-14-9-15-30(20-29)36-34(40)28-12-7-4-8-13-28/h3-20,24,31-33,35,38-39H,21-23H2,1-2H3,(H,36,40)/t24-,31+,32-,33-,35-/m0/s1. The van der Waals surface area contributed by atoms with Gasteiger partial charge in [-0.1, -0.05) is 84.9 Å². The molecule has 5 rings (SSSR count). The summed E-state index contributed by atoms with van der Waals surface area (Å²) in [6.45, 7) is 2.58. The van der Waals surface area contributed by atoms with Crippen molar-refractivity contribution in [2.75, 3.05) is 18.9 Å². The number of carbonyl (C=O) groups is 1. The van der Waals surface area contributed by atoms with Gasteiger partial charge in [-0.15, -0.1) is 0 Å². The van der Waals surface area contributed by atoms with Crippen molar-refractivity contribution in [1.29, 1.82) is 0 Å². The molecule has 42 heavy (non-hydrogen) atoms. The van der Waals surface area contributed by atoms with Crippen molar-refractivity contribution in [1.82, 2.24) is 4.90 Å². The van der Waals surface area contributed by atoms with E-state index in [2.05, 4.69) is 10.2 Å². The van der Waals surface area contributed by atoms with Crippen molar-refractivity contribution in [3.8, 4) is 0 Å². The molecule has 0 aromatic heterocycles. The van der Waals surface area contributed by atoms with Crippen LogP contribution in [0.4, 0.5) is 5.69 Å². The van der Waals surface area contributed by atoms with Crippen molar-refractivity contribution in [3.05, 3.63) is 137 Å². The van der Waals surface area contributed by atoms with Crippen LogP contribution in [-0.2, 0) is 16.1 Å². The fourth-order valence-corrected chi connectivity index (χ4v) is 5.25. The Bertz CT molecular complexity index is 1430. The molecule has 4 aromatic rings. The average molecular weight is 567 g/mol. The highest BCUT2D eigenvalue weighted by molar-refractivity contribution is 6.04. The molecule has 1 heterocycles. The molecule has 0 radical (unpaired) electrons. The van der Waals surface area contributed by atoms with Gasteiger partial charge >= 0.3 is 0 Å². The van der Waals surface area contributed by atoms with Crippen molar-refractivity contribution in [2.24, 2.45) is 0 Å². The molecule has 1 aliphatic rings. The topological polar surface area (TPSA) is 91.3 Å². The molecule has 1 aliphatic heterocycles. The van der Waals surface area contributed by atoms with Gasteiger partial charge in [-0.2, -0.15) is 0 Å². The predicted molar refractivity (Wildman–Crippen MR) is 163 cm³/mol. The van der Waals surface area contributed by atoms with E-state index >= 15 is 0 Å². The van der Waals surface area contributed by atoms with Gasteiger partial charge in [0.1, 0.15) is 0 Å². The van der Waals surface area contributed by atoms with Gasteiger partial charge in [0.2, 0.25) is 0 Å². The molecule has 1 amide bonds. The third-order valence-corrected chi connectivity index (χ3v) is 7.85. The summed E-state index contributed by atoms with van der Waals surface area (Å²) in [5.74, 6) is -0.189. The lowest BCUT2D eigenvalue weighted by Gasteiger charge is -2.39. The van der Waals surface area contributed by atoms with E-state index < -0.39 is 12.4 Å². The van der Waals surface area contributed by atoms with Crippen LogP contribution in [-0.4, -0.2) is 46.8 Å². The lowest BCUT2D eigenvalue weighted by Crippen LogP contribution is -2.43. The number of hydrogen-bond acceptors (Lipinski definition) is 6. The maximum absolute atomic E-state index is 12.8. The highest BCUT2D eigenvalue weighted by Crippen LogP contribution is 2.39. The van der Waals surface area contributed by atoms with Crippen molar-refractivity contribution in [3.63, 3.8) is 0 Å². The largest absolute Gasteiger partial charge is 0.392 e. The third kappa shape index (κ3) is 7.31. The number of aliphatic hydroxyl groups is 2. The highest BCUT2D eigenvalue weighted by Gasteiger charge is 2.34. The maximum atomic E-state index is 12.8. The minimum Gasteiger partial charge on any atom is -0.392 e. The Morgan fingerprint density at radius 2 is 1.60 bits per heavy atom. The number of aliphatic hydroxyl groups excluding tert-OH is 2. The molecule has 218 valence electrons. The van der Waals surface area contributed by atoms with Gasteiger partial charge in [-0.05, 0) is 54.9 Å². The number of ether oxygens (including phenoxy) is 2. The summed E-state index contributed by atoms with van der Waals surface area (Å²) in [4.78, 5) is 14.9. The molecule has 0 spiro atoms. The molecule has 3 N–H and O–H groups in total. The Kier molecular flexibility index (Phi) is 9.79. The van der Waals surface area contributed by atoms with Gasteiger partial charge in [0, 0.05) is 35.8 Å².